The zero-order valence-corrected chi connectivity index (χ0v) is 15.6. The van der Waals surface area contributed by atoms with Crippen LogP contribution in [-0.4, -0.2) is 34.6 Å². The summed E-state index contributed by atoms with van der Waals surface area (Å²) in [6.45, 7) is 0.870. The minimum absolute atomic E-state index is 0.0940. The largest absolute Gasteiger partial charge is 0.398 e. The number of nitrogens with zero attached hydrogens (tertiary/aromatic N) is 1. The van der Waals surface area contributed by atoms with E-state index in [4.69, 9.17) is 5.73 Å². The second-order valence-electron chi connectivity index (χ2n) is 7.09. The molecule has 2 heterocycles. The van der Waals surface area contributed by atoms with Crippen molar-refractivity contribution in [2.24, 2.45) is 0 Å². The number of amides is 4. The van der Waals surface area contributed by atoms with Gasteiger partial charge in [0.1, 0.15) is 6.04 Å². The fraction of sp³-hybridized carbons (Fsp3) is 0.238. The Morgan fingerprint density at radius 2 is 1.69 bits per heavy atom. The summed E-state index contributed by atoms with van der Waals surface area (Å²) in [6.07, 6.45) is 0.230. The van der Waals surface area contributed by atoms with Gasteiger partial charge in [0.05, 0.1) is 11.1 Å². The van der Waals surface area contributed by atoms with Crippen LogP contribution in [0.2, 0.25) is 0 Å². The standard InChI is InChI=1S/C21H20N4O4/c22-15-7-2-1-4-12(15)10-23-11-13-5-3-6-14-18(13)21(29)25(20(14)28)16-8-9-17(26)24-19(16)27/h1-7,16,23H,8-11,22H2,(H,24,26,27). The minimum Gasteiger partial charge on any atom is -0.398 e. The number of rotatable bonds is 5. The molecule has 8 heteroatoms. The average Bonchev–Trinajstić information content (AvgIpc) is 2.95. The number of carbonyl (C=O) groups is 4. The van der Waals surface area contributed by atoms with E-state index in [1.807, 2.05) is 24.3 Å². The molecule has 1 atom stereocenters. The zero-order chi connectivity index (χ0) is 20.5. The molecule has 2 aliphatic heterocycles. The van der Waals surface area contributed by atoms with E-state index >= 15 is 0 Å². The smallest absolute Gasteiger partial charge is 0.262 e. The van der Waals surface area contributed by atoms with Crippen molar-refractivity contribution in [3.05, 3.63) is 64.7 Å². The SMILES string of the molecule is Nc1ccccc1CNCc1cccc2c1C(=O)N(C1CCC(=O)NC1=O)C2=O. The average molecular weight is 392 g/mol. The Labute approximate surface area is 167 Å². The summed E-state index contributed by atoms with van der Waals surface area (Å²) >= 11 is 0. The predicted octanol–water partition coefficient (Wildman–Crippen LogP) is 0.960. The summed E-state index contributed by atoms with van der Waals surface area (Å²) in [5.41, 5.74) is 8.81. The minimum atomic E-state index is -0.968. The van der Waals surface area contributed by atoms with E-state index in [-0.39, 0.29) is 18.4 Å². The normalized spacial score (nSPS) is 18.8. The van der Waals surface area contributed by atoms with E-state index in [9.17, 15) is 19.2 Å². The van der Waals surface area contributed by atoms with Crippen LogP contribution in [0.25, 0.3) is 0 Å². The molecule has 4 amide bonds. The number of nitrogen functional groups attached to an aromatic ring is 1. The first-order valence-electron chi connectivity index (χ1n) is 9.35. The van der Waals surface area contributed by atoms with Gasteiger partial charge in [-0.15, -0.1) is 0 Å². The molecule has 0 aromatic heterocycles. The third-order valence-corrected chi connectivity index (χ3v) is 5.24. The van der Waals surface area contributed by atoms with E-state index in [0.717, 1.165) is 10.5 Å². The summed E-state index contributed by atoms with van der Waals surface area (Å²) in [7, 11) is 0. The Kier molecular flexibility index (Phi) is 4.85. The number of nitrogens with one attached hydrogen (secondary N) is 2. The highest BCUT2D eigenvalue weighted by molar-refractivity contribution is 6.24. The number of piperidine rings is 1. The van der Waals surface area contributed by atoms with Crippen molar-refractivity contribution >= 4 is 29.3 Å². The lowest BCUT2D eigenvalue weighted by atomic mass is 10.0. The lowest BCUT2D eigenvalue weighted by Crippen LogP contribution is -2.54. The number of para-hydroxylation sites is 1. The van der Waals surface area contributed by atoms with Crippen molar-refractivity contribution in [2.45, 2.75) is 32.0 Å². The third-order valence-electron chi connectivity index (χ3n) is 5.24. The van der Waals surface area contributed by atoms with Gasteiger partial charge < -0.3 is 11.1 Å². The van der Waals surface area contributed by atoms with Gasteiger partial charge in [0.2, 0.25) is 11.8 Å². The van der Waals surface area contributed by atoms with Gasteiger partial charge in [-0.2, -0.15) is 0 Å². The molecule has 1 fully saturated rings. The number of fused-ring (bicyclic) bond motifs is 1. The molecule has 8 nitrogen and oxygen atoms in total. The molecule has 2 aromatic carbocycles. The first kappa shape index (κ1) is 18.8. The molecule has 4 N–H and O–H groups in total. The molecule has 0 radical (unpaired) electrons. The maximum atomic E-state index is 13.0. The molecular formula is C21H20N4O4. The van der Waals surface area contributed by atoms with E-state index in [1.165, 1.54) is 0 Å². The fourth-order valence-electron chi connectivity index (χ4n) is 3.76. The second-order valence-corrected chi connectivity index (χ2v) is 7.09. The van der Waals surface area contributed by atoms with Crippen LogP contribution in [0.5, 0.6) is 0 Å². The van der Waals surface area contributed by atoms with Crippen molar-refractivity contribution in [1.82, 2.24) is 15.5 Å². The highest BCUT2D eigenvalue weighted by Crippen LogP contribution is 2.30. The van der Waals surface area contributed by atoms with Crippen LogP contribution in [0, 0.1) is 0 Å². The van der Waals surface area contributed by atoms with Gasteiger partial charge in [0, 0.05) is 25.2 Å². The number of benzene rings is 2. The summed E-state index contributed by atoms with van der Waals surface area (Å²) < 4.78 is 0. The number of anilines is 1. The Hall–Kier alpha value is -3.52. The second kappa shape index (κ2) is 7.48. The highest BCUT2D eigenvalue weighted by Gasteiger charge is 2.45. The van der Waals surface area contributed by atoms with Gasteiger partial charge in [-0.3, -0.25) is 29.4 Å². The van der Waals surface area contributed by atoms with Crippen LogP contribution >= 0.6 is 0 Å². The quantitative estimate of drug-likeness (QED) is 0.515. The first-order valence-corrected chi connectivity index (χ1v) is 9.35. The Bertz CT molecular complexity index is 1030. The van der Waals surface area contributed by atoms with Gasteiger partial charge >= 0.3 is 0 Å². The number of nitrogens with two attached hydrogens (primary N) is 1. The molecule has 1 unspecified atom stereocenters. The van der Waals surface area contributed by atoms with E-state index < -0.39 is 29.7 Å². The van der Waals surface area contributed by atoms with Crippen molar-refractivity contribution in [2.75, 3.05) is 5.73 Å². The molecule has 1 saturated heterocycles. The van der Waals surface area contributed by atoms with Gasteiger partial charge in [0.15, 0.2) is 0 Å². The number of carbonyl (C=O) groups excluding carboxylic acids is 4. The molecule has 4 rings (SSSR count). The fourth-order valence-corrected chi connectivity index (χ4v) is 3.76. The Balaban J connectivity index is 1.54. The molecular weight excluding hydrogens is 372 g/mol. The van der Waals surface area contributed by atoms with E-state index in [2.05, 4.69) is 10.6 Å². The van der Waals surface area contributed by atoms with E-state index in [0.29, 0.717) is 29.9 Å². The molecule has 0 aliphatic carbocycles. The topological polar surface area (TPSA) is 122 Å². The van der Waals surface area contributed by atoms with Crippen LogP contribution in [0.4, 0.5) is 5.69 Å². The lowest BCUT2D eigenvalue weighted by molar-refractivity contribution is -0.136. The zero-order valence-electron chi connectivity index (χ0n) is 15.6. The number of imide groups is 2. The third kappa shape index (κ3) is 3.38. The van der Waals surface area contributed by atoms with Gasteiger partial charge in [-0.1, -0.05) is 30.3 Å². The van der Waals surface area contributed by atoms with Crippen molar-refractivity contribution in [3.63, 3.8) is 0 Å². The van der Waals surface area contributed by atoms with Crippen molar-refractivity contribution < 1.29 is 19.2 Å². The van der Waals surface area contributed by atoms with Crippen molar-refractivity contribution in [1.29, 1.82) is 0 Å². The maximum Gasteiger partial charge on any atom is 0.262 e. The summed E-state index contributed by atoms with van der Waals surface area (Å²) in [5.74, 6) is -2.02. The Morgan fingerprint density at radius 1 is 0.966 bits per heavy atom. The molecule has 0 saturated carbocycles. The summed E-state index contributed by atoms with van der Waals surface area (Å²) in [5, 5.41) is 5.45. The van der Waals surface area contributed by atoms with E-state index in [1.54, 1.807) is 18.2 Å². The van der Waals surface area contributed by atoms with Gasteiger partial charge in [-0.25, -0.2) is 0 Å². The molecule has 29 heavy (non-hydrogen) atoms. The van der Waals surface area contributed by atoms with Crippen LogP contribution < -0.4 is 16.4 Å². The summed E-state index contributed by atoms with van der Waals surface area (Å²) in [6, 6.07) is 11.6. The van der Waals surface area contributed by atoms with Crippen LogP contribution in [-0.2, 0) is 22.7 Å². The van der Waals surface area contributed by atoms with Crippen LogP contribution in [0.1, 0.15) is 44.7 Å². The maximum absolute atomic E-state index is 13.0. The molecule has 148 valence electrons. The molecule has 0 spiro atoms. The molecule has 0 bridgehead atoms. The first-order chi connectivity index (χ1) is 14.0. The highest BCUT2D eigenvalue weighted by atomic mass is 16.2. The van der Waals surface area contributed by atoms with Crippen LogP contribution in [0.3, 0.4) is 0 Å². The number of hydrogen-bond donors (Lipinski definition) is 3. The molecule has 2 aliphatic rings. The lowest BCUT2D eigenvalue weighted by Gasteiger charge is -2.27. The van der Waals surface area contributed by atoms with Crippen molar-refractivity contribution in [3.8, 4) is 0 Å². The van der Waals surface area contributed by atoms with Crippen LogP contribution in [0.15, 0.2) is 42.5 Å². The molecule has 2 aromatic rings. The monoisotopic (exact) mass is 392 g/mol. The Morgan fingerprint density at radius 3 is 2.45 bits per heavy atom. The van der Waals surface area contributed by atoms with Gasteiger partial charge in [0.25, 0.3) is 11.8 Å². The predicted molar refractivity (Wildman–Crippen MR) is 105 cm³/mol. The number of hydrogen-bond acceptors (Lipinski definition) is 6. The summed E-state index contributed by atoms with van der Waals surface area (Å²) in [4.78, 5) is 50.4. The van der Waals surface area contributed by atoms with Gasteiger partial charge in [-0.05, 0) is 29.7 Å².